The molecule has 19 heavy (non-hydrogen) atoms. The normalized spacial score (nSPS) is 10.2. The summed E-state index contributed by atoms with van der Waals surface area (Å²) in [4.78, 5) is 10.0. The van der Waals surface area contributed by atoms with Crippen molar-refractivity contribution < 1.29 is 19.2 Å². The molecule has 0 atom stereocenters. The van der Waals surface area contributed by atoms with Crippen molar-refractivity contribution in [1.82, 2.24) is 0 Å². The first-order chi connectivity index (χ1) is 8.97. The standard InChI is InChI=1S/C12H7ClFNO4/c13-9-5-12(11(15(17)18)6-10(9)14)19-8-3-1-7(16)2-4-8/h1-6,16H. The van der Waals surface area contributed by atoms with Crippen molar-refractivity contribution in [3.05, 3.63) is 57.4 Å². The molecule has 0 aliphatic rings. The molecule has 0 fully saturated rings. The third kappa shape index (κ3) is 2.92. The first-order valence-electron chi connectivity index (χ1n) is 5.07. The number of nitrogens with zero attached hydrogens (tertiary/aromatic N) is 1. The lowest BCUT2D eigenvalue weighted by molar-refractivity contribution is -0.385. The van der Waals surface area contributed by atoms with E-state index in [4.69, 9.17) is 21.4 Å². The molecular formula is C12H7ClFNO4. The number of nitro groups is 1. The van der Waals surface area contributed by atoms with Gasteiger partial charge >= 0.3 is 5.69 Å². The fraction of sp³-hybridized carbons (Fsp3) is 0. The summed E-state index contributed by atoms with van der Waals surface area (Å²) in [6.07, 6.45) is 0. The zero-order valence-corrected chi connectivity index (χ0v) is 10.1. The van der Waals surface area contributed by atoms with Crippen molar-refractivity contribution in [3.8, 4) is 17.2 Å². The number of ether oxygens (including phenoxy) is 1. The number of benzene rings is 2. The van der Waals surface area contributed by atoms with Crippen LogP contribution in [0.1, 0.15) is 0 Å². The van der Waals surface area contributed by atoms with Crippen LogP contribution < -0.4 is 4.74 Å². The third-order valence-electron chi connectivity index (χ3n) is 2.26. The molecule has 0 amide bonds. The van der Waals surface area contributed by atoms with Gasteiger partial charge < -0.3 is 9.84 Å². The van der Waals surface area contributed by atoms with Gasteiger partial charge in [-0.2, -0.15) is 0 Å². The van der Waals surface area contributed by atoms with Crippen molar-refractivity contribution >= 4 is 17.3 Å². The summed E-state index contributed by atoms with van der Waals surface area (Å²) >= 11 is 5.56. The van der Waals surface area contributed by atoms with Crippen molar-refractivity contribution in [2.75, 3.05) is 0 Å². The summed E-state index contributed by atoms with van der Waals surface area (Å²) in [6, 6.07) is 7.26. The summed E-state index contributed by atoms with van der Waals surface area (Å²) < 4.78 is 18.4. The molecule has 98 valence electrons. The molecule has 2 rings (SSSR count). The van der Waals surface area contributed by atoms with Crippen LogP contribution in [0.3, 0.4) is 0 Å². The van der Waals surface area contributed by atoms with Crippen LogP contribution in [0.2, 0.25) is 5.02 Å². The zero-order valence-electron chi connectivity index (χ0n) is 9.34. The minimum atomic E-state index is -0.897. The number of hydrogen-bond donors (Lipinski definition) is 1. The average Bonchev–Trinajstić information content (AvgIpc) is 2.36. The number of nitro benzene ring substituents is 1. The molecule has 0 aromatic heterocycles. The second-order valence-corrected chi connectivity index (χ2v) is 3.99. The van der Waals surface area contributed by atoms with Crippen molar-refractivity contribution in [2.45, 2.75) is 0 Å². The van der Waals surface area contributed by atoms with Gasteiger partial charge in [-0.1, -0.05) is 11.6 Å². The van der Waals surface area contributed by atoms with E-state index in [-0.39, 0.29) is 22.3 Å². The van der Waals surface area contributed by atoms with E-state index in [1.807, 2.05) is 0 Å². The van der Waals surface area contributed by atoms with Crippen LogP contribution in [0.4, 0.5) is 10.1 Å². The van der Waals surface area contributed by atoms with E-state index in [9.17, 15) is 14.5 Å². The fourth-order valence-electron chi connectivity index (χ4n) is 1.38. The predicted molar refractivity (Wildman–Crippen MR) is 66.2 cm³/mol. The second-order valence-electron chi connectivity index (χ2n) is 3.59. The average molecular weight is 284 g/mol. The topological polar surface area (TPSA) is 72.6 Å². The highest BCUT2D eigenvalue weighted by Crippen LogP contribution is 2.35. The molecule has 2 aromatic rings. The summed E-state index contributed by atoms with van der Waals surface area (Å²) in [6.45, 7) is 0. The van der Waals surface area contributed by atoms with Crippen molar-refractivity contribution in [2.24, 2.45) is 0 Å². The van der Waals surface area contributed by atoms with Crippen LogP contribution in [-0.4, -0.2) is 10.0 Å². The number of hydrogen-bond acceptors (Lipinski definition) is 4. The van der Waals surface area contributed by atoms with E-state index in [1.54, 1.807) is 0 Å². The van der Waals surface area contributed by atoms with Crippen LogP contribution in [0.25, 0.3) is 0 Å². The van der Waals surface area contributed by atoms with Crippen molar-refractivity contribution in [3.63, 3.8) is 0 Å². The monoisotopic (exact) mass is 283 g/mol. The summed E-state index contributed by atoms with van der Waals surface area (Å²) in [5.41, 5.74) is -0.532. The Morgan fingerprint density at radius 1 is 1.26 bits per heavy atom. The molecular weight excluding hydrogens is 277 g/mol. The Bertz CT molecular complexity index is 630. The largest absolute Gasteiger partial charge is 0.508 e. The predicted octanol–water partition coefficient (Wildman–Crippen LogP) is 3.89. The Kier molecular flexibility index (Phi) is 3.52. The maximum Gasteiger partial charge on any atom is 0.314 e. The molecule has 0 bridgehead atoms. The molecule has 5 nitrogen and oxygen atoms in total. The van der Waals surface area contributed by atoms with Gasteiger partial charge in [0.25, 0.3) is 0 Å². The Morgan fingerprint density at radius 3 is 2.47 bits per heavy atom. The highest BCUT2D eigenvalue weighted by atomic mass is 35.5. The Hall–Kier alpha value is -2.34. The third-order valence-corrected chi connectivity index (χ3v) is 2.55. The first-order valence-corrected chi connectivity index (χ1v) is 5.45. The quantitative estimate of drug-likeness (QED) is 0.685. The fourth-order valence-corrected chi connectivity index (χ4v) is 1.54. The number of phenols is 1. The molecule has 0 spiro atoms. The molecule has 0 heterocycles. The van der Waals surface area contributed by atoms with Gasteiger partial charge in [0.1, 0.15) is 17.3 Å². The van der Waals surface area contributed by atoms with Crippen LogP contribution in [0.15, 0.2) is 36.4 Å². The Morgan fingerprint density at radius 2 is 1.89 bits per heavy atom. The maximum absolute atomic E-state index is 13.2. The van der Waals surface area contributed by atoms with E-state index < -0.39 is 16.4 Å². The number of rotatable bonds is 3. The summed E-state index contributed by atoms with van der Waals surface area (Å²) in [5.74, 6) is -0.795. The lowest BCUT2D eigenvalue weighted by atomic mass is 10.2. The second kappa shape index (κ2) is 5.11. The molecule has 1 N–H and O–H groups in total. The molecule has 0 radical (unpaired) electrons. The van der Waals surface area contributed by atoms with E-state index in [2.05, 4.69) is 0 Å². The molecule has 0 aliphatic heterocycles. The van der Waals surface area contributed by atoms with Gasteiger partial charge in [0.15, 0.2) is 0 Å². The van der Waals surface area contributed by atoms with E-state index in [0.29, 0.717) is 6.07 Å². The van der Waals surface area contributed by atoms with Gasteiger partial charge in [-0.15, -0.1) is 0 Å². The SMILES string of the molecule is O=[N+]([O-])c1cc(F)c(Cl)cc1Oc1ccc(O)cc1. The minimum Gasteiger partial charge on any atom is -0.508 e. The van der Waals surface area contributed by atoms with Crippen molar-refractivity contribution in [1.29, 1.82) is 0 Å². The lowest BCUT2D eigenvalue weighted by Gasteiger charge is -2.07. The van der Waals surface area contributed by atoms with Gasteiger partial charge in [0, 0.05) is 6.07 Å². The van der Waals surface area contributed by atoms with Crippen LogP contribution in [-0.2, 0) is 0 Å². The zero-order chi connectivity index (χ0) is 14.0. The maximum atomic E-state index is 13.2. The Balaban J connectivity index is 2.41. The minimum absolute atomic E-state index is 0.0268. The molecule has 7 heteroatoms. The van der Waals surface area contributed by atoms with Crippen LogP contribution in [0.5, 0.6) is 17.2 Å². The van der Waals surface area contributed by atoms with E-state index >= 15 is 0 Å². The number of halogens is 2. The van der Waals surface area contributed by atoms with Gasteiger partial charge in [0.05, 0.1) is 16.0 Å². The van der Waals surface area contributed by atoms with Gasteiger partial charge in [-0.3, -0.25) is 10.1 Å². The molecule has 0 saturated heterocycles. The molecule has 0 unspecified atom stereocenters. The number of phenolic OH excluding ortho intramolecular Hbond substituents is 1. The van der Waals surface area contributed by atoms with Crippen LogP contribution in [0, 0.1) is 15.9 Å². The molecule has 0 saturated carbocycles. The van der Waals surface area contributed by atoms with E-state index in [0.717, 1.165) is 6.07 Å². The highest BCUT2D eigenvalue weighted by Gasteiger charge is 2.19. The summed E-state index contributed by atoms with van der Waals surface area (Å²) in [5, 5.41) is 19.6. The van der Waals surface area contributed by atoms with Gasteiger partial charge in [-0.05, 0) is 24.3 Å². The lowest BCUT2D eigenvalue weighted by Crippen LogP contribution is -1.95. The number of aromatic hydroxyl groups is 1. The van der Waals surface area contributed by atoms with Crippen LogP contribution >= 0.6 is 11.6 Å². The van der Waals surface area contributed by atoms with E-state index in [1.165, 1.54) is 24.3 Å². The summed E-state index contributed by atoms with van der Waals surface area (Å²) in [7, 11) is 0. The smallest absolute Gasteiger partial charge is 0.314 e. The molecule has 0 aliphatic carbocycles. The molecule has 2 aromatic carbocycles. The Labute approximate surface area is 112 Å². The van der Waals surface area contributed by atoms with Gasteiger partial charge in [0.2, 0.25) is 5.75 Å². The first kappa shape index (κ1) is 13.1. The highest BCUT2D eigenvalue weighted by molar-refractivity contribution is 6.31. The van der Waals surface area contributed by atoms with Gasteiger partial charge in [-0.25, -0.2) is 4.39 Å².